The Morgan fingerprint density at radius 2 is 1.69 bits per heavy atom. The number of likely N-dealkylation sites (tertiary alicyclic amines) is 1. The molecule has 0 radical (unpaired) electrons. The van der Waals surface area contributed by atoms with Crippen LogP contribution in [0.2, 0.25) is 0 Å². The van der Waals surface area contributed by atoms with Crippen LogP contribution in [0.3, 0.4) is 0 Å². The summed E-state index contributed by atoms with van der Waals surface area (Å²) < 4.78 is 32.1. The number of nitrogens with one attached hydrogen (secondary N) is 1. The number of carboxylic acids is 1. The SMILES string of the molecule is Cc1cc2c(c(N)c1CCc1ccccc1)Cc1ccccc1-2.O=C(N[C@H]1CCN([C@@H]2CCCC[C@@H]2O)C[C@@H]1C(=O)O)c1cc(-c2ccc(F)cc2F)on1. The Kier molecular flexibility index (Phi) is 11.4. The molecule has 4 aromatic carbocycles. The van der Waals surface area contributed by atoms with E-state index in [1.165, 1.54) is 51.1 Å². The lowest BCUT2D eigenvalue weighted by Gasteiger charge is -2.43. The molecule has 1 saturated carbocycles. The standard InChI is InChI=1S/C22H25F2N3O5.C22H21N/c23-12-5-6-13(15(24)9-12)20-10-17(26-32-20)21(29)25-16-7-8-27(11-14(16)22(30)31)18-3-1-2-4-19(18)28;1-15-13-20-19-10-6-5-9-17(19)14-21(20)22(23)18(15)12-11-16-7-3-2-4-8-16/h5-6,9-10,14,16,18-19,28H,1-4,7-8,11H2,(H,25,29)(H,30,31);2-10,13H,11-12,14,23H2,1H3/t14-,16-,18+,19-;/m0./s1. The van der Waals surface area contributed by atoms with Crippen molar-refractivity contribution in [3.63, 3.8) is 0 Å². The van der Waals surface area contributed by atoms with Crippen molar-refractivity contribution in [2.75, 3.05) is 18.8 Å². The highest BCUT2D eigenvalue weighted by molar-refractivity contribution is 5.93. The van der Waals surface area contributed by atoms with E-state index in [4.69, 9.17) is 10.3 Å². The summed E-state index contributed by atoms with van der Waals surface area (Å²) in [5.74, 6) is -4.14. The van der Waals surface area contributed by atoms with Gasteiger partial charge in [-0.25, -0.2) is 8.78 Å². The molecular weight excluding hydrogens is 703 g/mol. The molecule has 9 nitrogen and oxygen atoms in total. The maximum absolute atomic E-state index is 14.0. The van der Waals surface area contributed by atoms with Gasteiger partial charge in [0.05, 0.1) is 17.6 Å². The monoisotopic (exact) mass is 748 g/mol. The van der Waals surface area contributed by atoms with Crippen molar-refractivity contribution in [2.24, 2.45) is 5.92 Å². The van der Waals surface area contributed by atoms with E-state index in [0.717, 1.165) is 50.3 Å². The van der Waals surface area contributed by atoms with Gasteiger partial charge in [0.15, 0.2) is 11.5 Å². The number of hydrogen-bond donors (Lipinski definition) is 4. The number of hydrogen-bond acceptors (Lipinski definition) is 7. The molecule has 0 unspecified atom stereocenters. The van der Waals surface area contributed by atoms with E-state index in [2.05, 4.69) is 78.1 Å². The summed E-state index contributed by atoms with van der Waals surface area (Å²) in [6.07, 6.45) is 6.45. The third-order valence-corrected chi connectivity index (χ3v) is 11.4. The number of amides is 1. The molecule has 1 amide bonds. The van der Waals surface area contributed by atoms with E-state index < -0.39 is 41.6 Å². The Hall–Kier alpha value is -5.39. The smallest absolute Gasteiger partial charge is 0.309 e. The molecular formula is C44H46F2N4O5. The average Bonchev–Trinajstić information content (AvgIpc) is 3.82. The minimum absolute atomic E-state index is 0.0384. The number of nitrogens with zero attached hydrogens (tertiary/aromatic N) is 2. The number of aryl methyl sites for hydroxylation is 2. The normalized spacial score (nSPS) is 20.5. The molecule has 1 aliphatic heterocycles. The first-order valence-corrected chi connectivity index (χ1v) is 19.0. The lowest BCUT2D eigenvalue weighted by molar-refractivity contribution is -0.145. The van der Waals surface area contributed by atoms with Crippen molar-refractivity contribution in [2.45, 2.75) is 76.5 Å². The number of fused-ring (bicyclic) bond motifs is 3. The fourth-order valence-corrected chi connectivity index (χ4v) is 8.39. The number of nitrogens with two attached hydrogens (primary N) is 1. The van der Waals surface area contributed by atoms with Gasteiger partial charge < -0.3 is 25.8 Å². The molecule has 5 N–H and O–H groups in total. The van der Waals surface area contributed by atoms with Crippen molar-refractivity contribution >= 4 is 17.6 Å². The van der Waals surface area contributed by atoms with Gasteiger partial charge in [0.2, 0.25) is 0 Å². The van der Waals surface area contributed by atoms with Gasteiger partial charge in [-0.3, -0.25) is 14.5 Å². The van der Waals surface area contributed by atoms with E-state index >= 15 is 0 Å². The van der Waals surface area contributed by atoms with Gasteiger partial charge in [0.25, 0.3) is 5.91 Å². The fourth-order valence-electron chi connectivity index (χ4n) is 8.39. The highest BCUT2D eigenvalue weighted by Crippen LogP contribution is 2.42. The van der Waals surface area contributed by atoms with Gasteiger partial charge in [-0.2, -0.15) is 0 Å². The van der Waals surface area contributed by atoms with Gasteiger partial charge in [0, 0.05) is 49.4 Å². The number of nitrogen functional groups attached to an aromatic ring is 1. The molecule has 4 atom stereocenters. The molecule has 286 valence electrons. The summed E-state index contributed by atoms with van der Waals surface area (Å²) in [6.45, 7) is 2.98. The molecule has 5 aromatic rings. The zero-order valence-electron chi connectivity index (χ0n) is 30.8. The van der Waals surface area contributed by atoms with Gasteiger partial charge in [-0.1, -0.05) is 78.7 Å². The first-order valence-electron chi connectivity index (χ1n) is 19.0. The van der Waals surface area contributed by atoms with Gasteiger partial charge in [-0.15, -0.1) is 0 Å². The average molecular weight is 749 g/mol. The Morgan fingerprint density at radius 3 is 2.45 bits per heavy atom. The number of carbonyl (C=O) groups is 2. The van der Waals surface area contributed by atoms with Crippen LogP contribution in [0.4, 0.5) is 14.5 Å². The predicted molar refractivity (Wildman–Crippen MR) is 206 cm³/mol. The molecule has 2 aliphatic carbocycles. The van der Waals surface area contributed by atoms with Crippen LogP contribution < -0.4 is 11.1 Å². The molecule has 1 saturated heterocycles. The van der Waals surface area contributed by atoms with Crippen LogP contribution in [0.1, 0.15) is 70.4 Å². The molecule has 1 aromatic heterocycles. The van der Waals surface area contributed by atoms with Crippen LogP contribution in [0.5, 0.6) is 0 Å². The van der Waals surface area contributed by atoms with Crippen molar-refractivity contribution in [3.05, 3.63) is 130 Å². The number of aliphatic carboxylic acids is 1. The van der Waals surface area contributed by atoms with Crippen LogP contribution in [-0.4, -0.2) is 63.4 Å². The second kappa shape index (κ2) is 16.5. The Balaban J connectivity index is 0.000000178. The highest BCUT2D eigenvalue weighted by Gasteiger charge is 2.40. The molecule has 0 bridgehead atoms. The van der Waals surface area contributed by atoms with Crippen molar-refractivity contribution in [3.8, 4) is 22.5 Å². The fraction of sp³-hybridized carbons (Fsp3) is 0.341. The molecule has 8 rings (SSSR count). The number of carbonyl (C=O) groups excluding carboxylic acids is 1. The maximum Gasteiger partial charge on any atom is 0.309 e. The number of aliphatic hydroxyl groups is 1. The van der Waals surface area contributed by atoms with E-state index in [1.54, 1.807) is 0 Å². The summed E-state index contributed by atoms with van der Waals surface area (Å²) in [6, 6.07) is 25.1. The number of aromatic nitrogens is 1. The number of halogens is 2. The summed E-state index contributed by atoms with van der Waals surface area (Å²) in [4.78, 5) is 26.6. The largest absolute Gasteiger partial charge is 0.481 e. The number of benzene rings is 4. The number of carboxylic acid groups (broad SMARTS) is 1. The summed E-state index contributed by atoms with van der Waals surface area (Å²) in [7, 11) is 0. The number of anilines is 1. The Morgan fingerprint density at radius 1 is 0.927 bits per heavy atom. The molecule has 55 heavy (non-hydrogen) atoms. The van der Waals surface area contributed by atoms with Crippen LogP contribution in [0.15, 0.2) is 89.5 Å². The quantitative estimate of drug-likeness (QED) is 0.118. The number of rotatable bonds is 8. The van der Waals surface area contributed by atoms with Crippen molar-refractivity contribution in [1.82, 2.24) is 15.4 Å². The van der Waals surface area contributed by atoms with E-state index in [1.807, 2.05) is 4.90 Å². The van der Waals surface area contributed by atoms with E-state index in [-0.39, 0.29) is 29.6 Å². The topological polar surface area (TPSA) is 142 Å². The molecule has 11 heteroatoms. The zero-order valence-corrected chi connectivity index (χ0v) is 30.8. The minimum atomic E-state index is -1.03. The first-order chi connectivity index (χ1) is 26.6. The number of aliphatic hydroxyl groups excluding tert-OH is 1. The van der Waals surface area contributed by atoms with Gasteiger partial charge in [-0.05, 0) is 90.1 Å². The minimum Gasteiger partial charge on any atom is -0.481 e. The molecule has 3 aliphatic rings. The zero-order chi connectivity index (χ0) is 38.6. The molecule has 2 fully saturated rings. The van der Waals surface area contributed by atoms with Crippen LogP contribution >= 0.6 is 0 Å². The van der Waals surface area contributed by atoms with E-state index in [0.29, 0.717) is 25.5 Å². The van der Waals surface area contributed by atoms with Crippen LogP contribution in [0, 0.1) is 24.5 Å². The predicted octanol–water partition coefficient (Wildman–Crippen LogP) is 7.36. The second-order valence-corrected chi connectivity index (χ2v) is 14.9. The second-order valence-electron chi connectivity index (χ2n) is 14.9. The Bertz CT molecular complexity index is 2170. The number of piperidine rings is 1. The first kappa shape index (κ1) is 37.9. The van der Waals surface area contributed by atoms with Crippen LogP contribution in [0.25, 0.3) is 22.5 Å². The summed E-state index contributed by atoms with van der Waals surface area (Å²) in [5.41, 5.74) is 16.8. The lowest BCUT2D eigenvalue weighted by atomic mass is 9.86. The van der Waals surface area contributed by atoms with E-state index in [9.17, 15) is 28.6 Å². The summed E-state index contributed by atoms with van der Waals surface area (Å²) >= 11 is 0. The van der Waals surface area contributed by atoms with Gasteiger partial charge in [0.1, 0.15) is 11.6 Å². The summed E-state index contributed by atoms with van der Waals surface area (Å²) in [5, 5.41) is 26.4. The Labute approximate surface area is 319 Å². The van der Waals surface area contributed by atoms with Crippen molar-refractivity contribution < 1.29 is 33.1 Å². The van der Waals surface area contributed by atoms with Crippen LogP contribution in [-0.2, 0) is 24.1 Å². The third-order valence-electron chi connectivity index (χ3n) is 11.4. The third kappa shape index (κ3) is 8.33. The molecule has 0 spiro atoms. The molecule has 2 heterocycles. The van der Waals surface area contributed by atoms with Gasteiger partial charge >= 0.3 is 5.97 Å². The highest BCUT2D eigenvalue weighted by atomic mass is 19.1. The maximum atomic E-state index is 14.0. The lowest BCUT2D eigenvalue weighted by Crippen LogP contribution is -2.58. The van der Waals surface area contributed by atoms with Crippen molar-refractivity contribution in [1.29, 1.82) is 0 Å².